The molecule has 448 valence electrons. The number of piperidine rings is 3. The molecule has 3 aromatic heterocycles. The Morgan fingerprint density at radius 1 is 0.523 bits per heavy atom. The van der Waals surface area contributed by atoms with Crippen molar-refractivity contribution in [1.82, 2.24) is 28.4 Å². The summed E-state index contributed by atoms with van der Waals surface area (Å²) in [5, 5.41) is 16.0. The number of aliphatic carboxylic acids is 1. The summed E-state index contributed by atoms with van der Waals surface area (Å²) in [6, 6.07) is 27.0. The van der Waals surface area contributed by atoms with Crippen molar-refractivity contribution in [2.24, 2.45) is 62.0 Å². The Balaban J connectivity index is 0.000000151. The number of fused-ring (bicyclic) bond motifs is 18. The number of hydrogen-bond acceptors (Lipinski definition) is 12. The number of carboxylic acid groups (broad SMARTS) is 1. The number of rotatable bonds is 8. The fourth-order valence-electron chi connectivity index (χ4n) is 17.2. The number of ether oxygens (including phenoxy) is 3. The summed E-state index contributed by atoms with van der Waals surface area (Å²) in [4.78, 5) is 59.0. The maximum atomic E-state index is 12.6. The number of benzene rings is 3. The maximum absolute atomic E-state index is 12.6. The molecule has 9 atom stereocenters. The molecule has 1 N–H and O–H groups in total. The monoisotopic (exact) mass is 2020 g/mol. The minimum absolute atomic E-state index is 0. The van der Waals surface area contributed by atoms with Gasteiger partial charge in [-0.05, 0) is 154 Å². The largest absolute Gasteiger partial charge is 0.607 e. The first-order valence-corrected chi connectivity index (χ1v) is 29.8. The number of carbonyl (C=O) groups excluding carboxylic acids is 2. The van der Waals surface area contributed by atoms with Gasteiger partial charge in [0.2, 0.25) is 0 Å². The van der Waals surface area contributed by atoms with E-state index in [9.17, 15) is 24.4 Å². The molecule has 3 aromatic carbocycles. The van der Waals surface area contributed by atoms with Gasteiger partial charge in [-0.25, -0.2) is 14.4 Å². The van der Waals surface area contributed by atoms with Crippen molar-refractivity contribution < 1.29 is 79.4 Å². The molecule has 0 saturated carbocycles. The van der Waals surface area contributed by atoms with E-state index in [1.54, 1.807) is 0 Å². The maximum Gasteiger partial charge on any atom is 0.331 e. The standard InChI is InChI=1S/C23H27N2O3.C22H24N3O4.C21H24N2O2.2Re.2Rf/c1-24-20-9-4-3-7-16(20)17-10-11-25-13-15-6-5-8-18(23(26)28-14-27-2)19(15)12-21(25)22(17)24;1-24-19-8-3-2-6-15(19)16-9-10-25-12-14-5-4-7-17(22(26)28-13-29-23-27)18(14)11-20(25)21(16)24;1-22-18-8-3-2-6-14(18)15-9-10-23-12-13-5-4-7-16(21(24)25)17(13)11-19(23)20(15)22;;;;/h3-4,7-9,14-15,19,21H,5-6,10-13H2,1-2H3;2-3,6-8,13-14,18,20H,4-5,9-12H2,1H3;2-3,6-8,13,17,19H,4-5,9-12H2,1H3,(H,24,25);;;;/q2*-1;;;;;. The molecule has 2 radical (unpaired) electrons. The summed E-state index contributed by atoms with van der Waals surface area (Å²) in [7, 11) is 8.01. The van der Waals surface area contributed by atoms with Crippen LogP contribution in [0.15, 0.2) is 113 Å². The van der Waals surface area contributed by atoms with Gasteiger partial charge in [-0.1, -0.05) is 72.8 Å². The van der Waals surface area contributed by atoms with Gasteiger partial charge < -0.3 is 37.9 Å². The zero-order chi connectivity index (χ0) is 56.3. The van der Waals surface area contributed by atoms with E-state index in [0.29, 0.717) is 53.8 Å². The molecule has 86 heavy (non-hydrogen) atoms. The molecule has 15 rings (SSSR count). The van der Waals surface area contributed by atoms with Gasteiger partial charge in [-0.3, -0.25) is 14.7 Å². The number of hydrogen-bond donors (Lipinski definition) is 1. The van der Waals surface area contributed by atoms with Crippen molar-refractivity contribution in [2.75, 3.05) is 46.4 Å². The normalized spacial score (nSPS) is 26.0. The average Bonchev–Trinajstić information content (AvgIpc) is 2.01. The number of para-hydroxylation sites is 3. The minimum Gasteiger partial charge on any atom is -0.607 e. The summed E-state index contributed by atoms with van der Waals surface area (Å²) in [6.45, 7) is 8.21. The van der Waals surface area contributed by atoms with Crippen LogP contribution >= 0.6 is 0 Å². The van der Waals surface area contributed by atoms with E-state index in [0.717, 1.165) is 129 Å². The summed E-state index contributed by atoms with van der Waals surface area (Å²) in [5.41, 5.74) is 14.8. The third-order valence-corrected chi connectivity index (χ3v) is 20.7. The summed E-state index contributed by atoms with van der Waals surface area (Å²) in [5.74, 6) is 0.692. The first-order chi connectivity index (χ1) is 40.0. The SMILES string of the molecule is CO[CH-]OC(=O)C1=CCCC2CN3CCc4c(n(C)c5ccccc45)C3CC12.Cn1c2c(c3ccccc31)CCN1CC3CCC=C(C(=O)O)C3CC21.Cn1c2c(c3ccccc31)CCN1CC3CCC=C(C(=O)O[CH-]ON=O)C3CC21.[Re].[Re].[Rf].[Rf]. The predicted octanol–water partition coefficient (Wildman–Crippen LogP) is 11.1. The number of aryl methyl sites for hydroxylation is 3. The Labute approximate surface area is 518 Å². The van der Waals surface area contributed by atoms with E-state index >= 15 is 0 Å². The van der Waals surface area contributed by atoms with Crippen LogP contribution in [0.3, 0.4) is 0 Å². The molecular formula is C66H75N7O9Re2Rf2-2. The summed E-state index contributed by atoms with van der Waals surface area (Å²) in [6.07, 6.45) is 18.3. The van der Waals surface area contributed by atoms with Crippen LogP contribution in [0.1, 0.15) is 110 Å². The van der Waals surface area contributed by atoms with E-state index in [2.05, 4.69) is 139 Å². The minimum atomic E-state index is -0.712. The summed E-state index contributed by atoms with van der Waals surface area (Å²) >= 11 is 0. The zero-order valence-electron chi connectivity index (χ0n) is 49.8. The fraction of sp³-hybridized carbons (Fsp3) is 0.470. The molecule has 6 aliphatic heterocycles. The van der Waals surface area contributed by atoms with Gasteiger partial charge in [0.05, 0.1) is 18.1 Å². The van der Waals surface area contributed by atoms with Gasteiger partial charge in [-0.2, -0.15) is 0 Å². The predicted molar refractivity (Wildman–Crippen MR) is 312 cm³/mol. The molecule has 16 nitrogen and oxygen atoms in total. The Morgan fingerprint density at radius 3 is 1.21 bits per heavy atom. The van der Waals surface area contributed by atoms with E-state index in [4.69, 9.17) is 14.2 Å². The number of aromatic nitrogens is 3. The molecule has 0 spiro atoms. The number of carbonyl (C=O) groups is 3. The topological polar surface area (TPSA) is 162 Å². The average molecular weight is 2020 g/mol. The quantitative estimate of drug-likeness (QED) is 0.0505. The fourth-order valence-corrected chi connectivity index (χ4v) is 17.2. The van der Waals surface area contributed by atoms with Gasteiger partial charge in [0.1, 0.15) is 5.34 Å². The van der Waals surface area contributed by atoms with Crippen molar-refractivity contribution in [1.29, 1.82) is 0 Å². The third kappa shape index (κ3) is 10.9. The molecule has 3 saturated heterocycles. The van der Waals surface area contributed by atoms with E-state index in [1.807, 2.05) is 12.2 Å². The number of esters is 2. The van der Waals surface area contributed by atoms with E-state index in [-0.39, 0.29) is 64.6 Å². The van der Waals surface area contributed by atoms with E-state index < -0.39 is 11.9 Å². The molecule has 9 heterocycles. The van der Waals surface area contributed by atoms with Gasteiger partial charge in [0.15, 0.2) is 0 Å². The van der Waals surface area contributed by atoms with Gasteiger partial charge in [0.25, 0.3) is 0 Å². The number of methoxy groups -OCH3 is 1. The second-order valence-electron chi connectivity index (χ2n) is 24.3. The van der Waals surface area contributed by atoms with Crippen LogP contribution in [0.2, 0.25) is 0 Å². The molecule has 3 fully saturated rings. The van der Waals surface area contributed by atoms with E-state index in [1.165, 1.54) is 73.6 Å². The van der Waals surface area contributed by atoms with Crippen LogP contribution < -0.4 is 0 Å². The van der Waals surface area contributed by atoms with Crippen molar-refractivity contribution >= 4 is 50.6 Å². The molecule has 3 aliphatic carbocycles. The van der Waals surface area contributed by atoms with Crippen molar-refractivity contribution in [3.8, 4) is 0 Å². The smallest absolute Gasteiger partial charge is 0.331 e. The third-order valence-electron chi connectivity index (χ3n) is 20.7. The van der Waals surface area contributed by atoms with Crippen molar-refractivity contribution in [3.63, 3.8) is 0 Å². The number of carboxylic acids is 1. The summed E-state index contributed by atoms with van der Waals surface area (Å²) < 4.78 is 22.1. The molecule has 20 heteroatoms. The molecule has 6 aromatic rings. The Hall–Kier alpha value is -7.53. The zero-order valence-corrected chi connectivity index (χ0v) is 68.0. The molecule has 0 bridgehead atoms. The number of nitrogens with zero attached hydrogens (tertiary/aromatic N) is 7. The van der Waals surface area contributed by atoms with Crippen LogP contribution in [-0.4, -0.2) is 97.8 Å². The van der Waals surface area contributed by atoms with Gasteiger partial charge >= 0.3 is 17.9 Å². The molecule has 9 aliphatic rings. The van der Waals surface area contributed by atoms with Crippen LogP contribution in [-0.2, 0) is 115 Å². The van der Waals surface area contributed by atoms with Crippen LogP contribution in [0.4, 0.5) is 0 Å². The second kappa shape index (κ2) is 26.2. The number of allylic oxidation sites excluding steroid dienone is 3. The van der Waals surface area contributed by atoms with Crippen LogP contribution in [0.25, 0.3) is 32.7 Å². The first-order valence-electron chi connectivity index (χ1n) is 29.8. The van der Waals surface area contributed by atoms with Crippen LogP contribution in [0.5, 0.6) is 0 Å². The first kappa shape index (κ1) is 63.0. The molecule has 0 amide bonds. The Kier molecular flexibility index (Phi) is 19.2. The van der Waals surface area contributed by atoms with Gasteiger partial charge in [-0.15, -0.1) is 4.91 Å². The van der Waals surface area contributed by atoms with Gasteiger partial charge in [0, 0.05) is 182 Å². The second-order valence-corrected chi connectivity index (χ2v) is 24.3. The molecular weight excluding hydrogens is 1940 g/mol. The van der Waals surface area contributed by atoms with Crippen molar-refractivity contribution in [3.05, 3.63) is 160 Å². The Morgan fingerprint density at radius 2 is 0.860 bits per heavy atom. The van der Waals surface area contributed by atoms with Crippen LogP contribution in [0, 0.1) is 54.0 Å². The van der Waals surface area contributed by atoms with Crippen molar-refractivity contribution in [2.45, 2.75) is 95.2 Å². The Bertz CT molecular complexity index is 3590. The molecule has 9 unspecified atom stereocenters.